The summed E-state index contributed by atoms with van der Waals surface area (Å²) >= 11 is 7.27. The van der Waals surface area contributed by atoms with Gasteiger partial charge in [-0.25, -0.2) is 0 Å². The molecule has 0 aliphatic carbocycles. The van der Waals surface area contributed by atoms with Crippen LogP contribution >= 0.6 is 30.5 Å². The summed E-state index contributed by atoms with van der Waals surface area (Å²) in [6, 6.07) is 3.56. The van der Waals surface area contributed by atoms with Gasteiger partial charge in [0.05, 0.1) is 0 Å². The summed E-state index contributed by atoms with van der Waals surface area (Å²) in [6.07, 6.45) is 0.762. The van der Waals surface area contributed by atoms with E-state index < -0.39 is 7.60 Å². The van der Waals surface area contributed by atoms with Gasteiger partial charge in [0.2, 0.25) is 0 Å². The summed E-state index contributed by atoms with van der Waals surface area (Å²) in [5.74, 6) is 0. The molecular weight excluding hydrogens is 305 g/mol. The molecule has 0 amide bonds. The van der Waals surface area contributed by atoms with E-state index in [0.29, 0.717) is 17.1 Å². The fourth-order valence-corrected chi connectivity index (χ4v) is 5.04. The van der Waals surface area contributed by atoms with Crippen molar-refractivity contribution in [2.45, 2.75) is 13.0 Å². The highest BCUT2D eigenvalue weighted by Crippen LogP contribution is 2.40. The molecule has 1 aromatic heterocycles. The van der Waals surface area contributed by atoms with Gasteiger partial charge in [0.1, 0.15) is 0 Å². The number of thiophene rings is 1. The van der Waals surface area contributed by atoms with Crippen LogP contribution in [0.5, 0.6) is 0 Å². The van der Waals surface area contributed by atoms with Crippen LogP contribution in [0.3, 0.4) is 0 Å². The molecule has 0 unspecified atom stereocenters. The SMILES string of the molecule is CN1CCc2c(Cl)ccc3sc(P(=O)([O-])[O-])c(c23)C1. The summed E-state index contributed by atoms with van der Waals surface area (Å²) < 4.78 is 12.2. The number of benzene rings is 1. The molecule has 2 aromatic rings. The minimum atomic E-state index is -4.74. The van der Waals surface area contributed by atoms with Crippen molar-refractivity contribution in [3.63, 3.8) is 0 Å². The lowest BCUT2D eigenvalue weighted by Crippen LogP contribution is -2.27. The second kappa shape index (κ2) is 4.55. The second-order valence-corrected chi connectivity index (χ2v) is 7.97. The van der Waals surface area contributed by atoms with Crippen LogP contribution in [-0.2, 0) is 17.5 Å². The van der Waals surface area contributed by atoms with Gasteiger partial charge in [-0.3, -0.25) is 0 Å². The van der Waals surface area contributed by atoms with Crippen molar-refractivity contribution < 1.29 is 14.4 Å². The molecule has 0 fully saturated rings. The number of halogens is 1. The predicted molar refractivity (Wildman–Crippen MR) is 74.1 cm³/mol. The first-order valence-electron chi connectivity index (χ1n) is 5.82. The molecule has 2 heterocycles. The summed E-state index contributed by atoms with van der Waals surface area (Å²) in [7, 11) is -2.83. The lowest BCUT2D eigenvalue weighted by molar-refractivity contribution is -0.307. The first-order chi connectivity index (χ1) is 8.88. The van der Waals surface area contributed by atoms with Crippen LogP contribution in [0, 0.1) is 0 Å². The molecule has 19 heavy (non-hydrogen) atoms. The van der Waals surface area contributed by atoms with Crippen molar-refractivity contribution >= 4 is 45.2 Å². The molecule has 102 valence electrons. The number of nitrogens with zero attached hydrogens (tertiary/aromatic N) is 1. The number of hydrogen-bond acceptors (Lipinski definition) is 5. The third kappa shape index (κ3) is 2.25. The molecule has 1 aliphatic rings. The number of hydrogen-bond donors (Lipinski definition) is 0. The maximum atomic E-state index is 11.5. The molecule has 0 saturated heterocycles. The Balaban J connectivity index is 2.40. The van der Waals surface area contributed by atoms with E-state index in [1.807, 2.05) is 11.9 Å². The smallest absolute Gasteiger partial charge is 0.0445 e. The zero-order valence-electron chi connectivity index (χ0n) is 10.2. The molecular formula is C12H11ClNO3PS-2. The van der Waals surface area contributed by atoms with Crippen molar-refractivity contribution in [1.82, 2.24) is 4.90 Å². The lowest BCUT2D eigenvalue weighted by Gasteiger charge is -2.30. The molecule has 0 saturated carbocycles. The summed E-state index contributed by atoms with van der Waals surface area (Å²) in [5.41, 5.74) is 1.57. The van der Waals surface area contributed by atoms with Crippen molar-refractivity contribution in [2.24, 2.45) is 0 Å². The number of likely N-dealkylation sites (N-methyl/N-ethyl adjacent to an activating group) is 1. The Bertz CT molecular complexity index is 709. The molecule has 1 aliphatic heterocycles. The largest absolute Gasteiger partial charge is 0.807 e. The van der Waals surface area contributed by atoms with Gasteiger partial charge in [-0.15, -0.1) is 11.3 Å². The van der Waals surface area contributed by atoms with Gasteiger partial charge in [-0.05, 0) is 44.3 Å². The van der Waals surface area contributed by atoms with E-state index in [9.17, 15) is 14.4 Å². The Hall–Kier alpha value is -0.420. The quantitative estimate of drug-likeness (QED) is 0.739. The Kier molecular flexibility index (Phi) is 3.25. The third-order valence-corrected chi connectivity index (χ3v) is 6.47. The van der Waals surface area contributed by atoms with Crippen LogP contribution in [0.15, 0.2) is 12.1 Å². The Labute approximate surface area is 119 Å². The van der Waals surface area contributed by atoms with Gasteiger partial charge in [-0.2, -0.15) is 0 Å². The normalized spacial score (nSPS) is 16.8. The third-order valence-electron chi connectivity index (χ3n) is 3.40. The zero-order valence-corrected chi connectivity index (χ0v) is 12.6. The second-order valence-electron chi connectivity index (χ2n) is 4.77. The molecule has 1 aromatic carbocycles. The van der Waals surface area contributed by atoms with E-state index in [2.05, 4.69) is 0 Å². The lowest BCUT2D eigenvalue weighted by atomic mass is 10.1. The molecule has 0 N–H and O–H groups in total. The van der Waals surface area contributed by atoms with Gasteiger partial charge in [0, 0.05) is 32.8 Å². The molecule has 0 spiro atoms. The van der Waals surface area contributed by atoms with Crippen LogP contribution in [0.4, 0.5) is 0 Å². The number of rotatable bonds is 1. The summed E-state index contributed by atoms with van der Waals surface area (Å²) in [5, 5.41) is 1.50. The van der Waals surface area contributed by atoms with Crippen LogP contribution < -0.4 is 14.4 Å². The zero-order chi connectivity index (χ0) is 13.8. The highest BCUT2D eigenvalue weighted by atomic mass is 35.5. The molecule has 0 bridgehead atoms. The topological polar surface area (TPSA) is 66.4 Å². The van der Waals surface area contributed by atoms with Gasteiger partial charge in [0.15, 0.2) is 0 Å². The Morgan fingerprint density at radius 2 is 2.11 bits per heavy atom. The van der Waals surface area contributed by atoms with E-state index in [-0.39, 0.29) is 4.62 Å². The molecule has 0 atom stereocenters. The van der Waals surface area contributed by atoms with Gasteiger partial charge >= 0.3 is 0 Å². The first kappa shape index (κ1) is 13.6. The van der Waals surface area contributed by atoms with Crippen LogP contribution in [0.2, 0.25) is 5.02 Å². The maximum absolute atomic E-state index is 11.5. The molecule has 3 rings (SSSR count). The van der Waals surface area contributed by atoms with Crippen molar-refractivity contribution in [3.05, 3.63) is 28.3 Å². The van der Waals surface area contributed by atoms with Crippen molar-refractivity contribution in [3.8, 4) is 0 Å². The van der Waals surface area contributed by atoms with Crippen molar-refractivity contribution in [2.75, 3.05) is 13.6 Å². The monoisotopic (exact) mass is 315 g/mol. The Morgan fingerprint density at radius 1 is 1.37 bits per heavy atom. The van der Waals surface area contributed by atoms with Gasteiger partial charge < -0.3 is 19.3 Å². The van der Waals surface area contributed by atoms with E-state index in [4.69, 9.17) is 11.6 Å². The maximum Gasteiger partial charge on any atom is 0.0445 e. The van der Waals surface area contributed by atoms with E-state index >= 15 is 0 Å². The molecule has 0 radical (unpaired) electrons. The first-order valence-corrected chi connectivity index (χ1v) is 8.55. The van der Waals surface area contributed by atoms with E-state index in [1.165, 1.54) is 0 Å². The highest BCUT2D eigenvalue weighted by Gasteiger charge is 2.22. The fraction of sp³-hybridized carbons (Fsp3) is 0.333. The predicted octanol–water partition coefficient (Wildman–Crippen LogP) is 1.08. The minimum Gasteiger partial charge on any atom is -0.807 e. The van der Waals surface area contributed by atoms with Crippen molar-refractivity contribution in [1.29, 1.82) is 0 Å². The highest BCUT2D eigenvalue weighted by molar-refractivity contribution is 7.66. The van der Waals surface area contributed by atoms with Crippen LogP contribution in [0.25, 0.3) is 10.1 Å². The fourth-order valence-electron chi connectivity index (χ4n) is 2.55. The average Bonchev–Trinajstić information content (AvgIpc) is 2.57. The average molecular weight is 316 g/mol. The van der Waals surface area contributed by atoms with E-state index in [1.54, 1.807) is 12.1 Å². The standard InChI is InChI=1S/C12H13ClNO3PS/c1-14-5-4-7-9(13)2-3-10-11(7)8(6-14)12(19-10)18(15,16)17/h2-3H,4-6H2,1H3,(H2,15,16,17)/p-2. The van der Waals surface area contributed by atoms with Crippen LogP contribution in [0.1, 0.15) is 11.1 Å². The summed E-state index contributed by atoms with van der Waals surface area (Å²) in [4.78, 5) is 24.9. The molecule has 4 nitrogen and oxygen atoms in total. The minimum absolute atomic E-state index is 0.0419. The van der Waals surface area contributed by atoms with Gasteiger partial charge in [-0.1, -0.05) is 11.6 Å². The summed E-state index contributed by atoms with van der Waals surface area (Å²) in [6.45, 7) is 1.26. The Morgan fingerprint density at radius 3 is 2.79 bits per heavy atom. The van der Waals surface area contributed by atoms with E-state index in [0.717, 1.165) is 40.0 Å². The molecule has 7 heteroatoms. The van der Waals surface area contributed by atoms with Crippen LogP contribution in [-0.4, -0.2) is 18.5 Å². The van der Waals surface area contributed by atoms with Gasteiger partial charge in [0.25, 0.3) is 0 Å².